The molecule has 0 aromatic heterocycles. The largest absolute Gasteiger partial charge is 0.479 e. The fraction of sp³-hybridized carbons (Fsp3) is 0.438. The number of carbonyl (C=O) groups is 3. The highest BCUT2D eigenvalue weighted by molar-refractivity contribution is 5.95. The van der Waals surface area contributed by atoms with Crippen LogP contribution >= 0.6 is 0 Å². The van der Waals surface area contributed by atoms with E-state index in [1.54, 1.807) is 6.92 Å². The summed E-state index contributed by atoms with van der Waals surface area (Å²) in [5, 5.41) is 4.59. The second kappa shape index (κ2) is 9.49. The molecule has 1 rings (SSSR count). The summed E-state index contributed by atoms with van der Waals surface area (Å²) in [6.45, 7) is 4.50. The average molecular weight is 340 g/mol. The summed E-state index contributed by atoms with van der Waals surface area (Å²) in [4.78, 5) is 34.7. The van der Waals surface area contributed by atoms with Gasteiger partial charge in [-0.15, -0.1) is 0 Å². The number of esters is 1. The number of hydrogen-bond donors (Lipinski definition) is 2. The van der Waals surface area contributed by atoms with Gasteiger partial charge in [-0.25, -0.2) is 14.0 Å². The molecule has 0 heterocycles. The first-order chi connectivity index (χ1) is 11.3. The molecule has 7 nitrogen and oxygen atoms in total. The second-order valence-corrected chi connectivity index (χ2v) is 5.15. The molecular formula is C16H21FN2O5. The van der Waals surface area contributed by atoms with Gasteiger partial charge in [-0.2, -0.15) is 0 Å². The van der Waals surface area contributed by atoms with E-state index in [0.29, 0.717) is 5.75 Å². The normalized spacial score (nSPS) is 12.7. The van der Waals surface area contributed by atoms with E-state index >= 15 is 0 Å². The zero-order valence-electron chi connectivity index (χ0n) is 13.8. The Labute approximate surface area is 139 Å². The van der Waals surface area contributed by atoms with E-state index in [-0.39, 0.29) is 6.04 Å². The van der Waals surface area contributed by atoms with Crippen LogP contribution in [0.5, 0.6) is 5.75 Å². The molecule has 0 radical (unpaired) electrons. The number of halogens is 1. The molecule has 0 bridgehead atoms. The van der Waals surface area contributed by atoms with Crippen LogP contribution in [0.25, 0.3) is 0 Å². The van der Waals surface area contributed by atoms with Crippen molar-refractivity contribution in [3.8, 4) is 5.75 Å². The summed E-state index contributed by atoms with van der Waals surface area (Å²) in [6, 6.07) is 4.38. The minimum absolute atomic E-state index is 0.0792. The lowest BCUT2D eigenvalue weighted by molar-refractivity contribution is -0.154. The number of nitrogens with one attached hydrogen (secondary N) is 2. The van der Waals surface area contributed by atoms with Gasteiger partial charge in [0, 0.05) is 6.04 Å². The monoisotopic (exact) mass is 340 g/mol. The Kier molecular flexibility index (Phi) is 7.67. The quantitative estimate of drug-likeness (QED) is 0.738. The van der Waals surface area contributed by atoms with E-state index in [4.69, 9.17) is 9.47 Å². The van der Waals surface area contributed by atoms with E-state index < -0.39 is 36.4 Å². The van der Waals surface area contributed by atoms with Crippen molar-refractivity contribution in [2.75, 3.05) is 6.61 Å². The maximum Gasteiger partial charge on any atom is 0.347 e. The first-order valence-corrected chi connectivity index (χ1v) is 7.51. The summed E-state index contributed by atoms with van der Waals surface area (Å²) >= 11 is 0. The summed E-state index contributed by atoms with van der Waals surface area (Å²) in [5.74, 6) is -1.67. The van der Waals surface area contributed by atoms with Crippen LogP contribution < -0.4 is 15.4 Å². The van der Waals surface area contributed by atoms with E-state index in [0.717, 1.165) is 6.42 Å². The number of ether oxygens (including phenoxy) is 2. The van der Waals surface area contributed by atoms with Gasteiger partial charge in [-0.1, -0.05) is 6.92 Å². The lowest BCUT2D eigenvalue weighted by atomic mass is 10.3. The van der Waals surface area contributed by atoms with E-state index in [1.165, 1.54) is 31.2 Å². The SMILES string of the molecule is CC[C@@H](C)NC(=O)NC(=O)COC(=O)[C@@H](C)Oc1ccc(F)cc1. The third kappa shape index (κ3) is 7.08. The molecule has 0 aliphatic carbocycles. The summed E-state index contributed by atoms with van der Waals surface area (Å²) in [6.07, 6.45) is -0.272. The molecule has 8 heteroatoms. The maximum absolute atomic E-state index is 12.8. The Balaban J connectivity index is 2.35. The van der Waals surface area contributed by atoms with Crippen molar-refractivity contribution in [3.05, 3.63) is 30.1 Å². The third-order valence-corrected chi connectivity index (χ3v) is 3.05. The predicted octanol–water partition coefficient (Wildman–Crippen LogP) is 1.76. The topological polar surface area (TPSA) is 93.7 Å². The van der Waals surface area contributed by atoms with E-state index in [9.17, 15) is 18.8 Å². The molecule has 2 N–H and O–H groups in total. The Morgan fingerprint density at radius 1 is 1.17 bits per heavy atom. The van der Waals surface area contributed by atoms with Gasteiger partial charge < -0.3 is 14.8 Å². The lowest BCUT2D eigenvalue weighted by Crippen LogP contribution is -2.45. The average Bonchev–Trinajstić information content (AvgIpc) is 2.54. The van der Waals surface area contributed by atoms with Crippen LogP contribution in [-0.4, -0.2) is 36.7 Å². The fourth-order valence-electron chi connectivity index (χ4n) is 1.54. The molecule has 2 atom stereocenters. The zero-order chi connectivity index (χ0) is 18.1. The van der Waals surface area contributed by atoms with Gasteiger partial charge in [0.15, 0.2) is 12.7 Å². The van der Waals surface area contributed by atoms with E-state index in [2.05, 4.69) is 5.32 Å². The Morgan fingerprint density at radius 3 is 2.38 bits per heavy atom. The molecule has 0 spiro atoms. The minimum Gasteiger partial charge on any atom is -0.479 e. The number of hydrogen-bond acceptors (Lipinski definition) is 5. The van der Waals surface area contributed by atoms with Gasteiger partial charge in [0.25, 0.3) is 5.91 Å². The Hall–Kier alpha value is -2.64. The van der Waals surface area contributed by atoms with Gasteiger partial charge in [-0.05, 0) is 44.5 Å². The zero-order valence-corrected chi connectivity index (χ0v) is 13.8. The standard InChI is InChI=1S/C16H21FN2O5/c1-4-10(2)18-16(22)19-14(20)9-23-15(21)11(3)24-13-7-5-12(17)6-8-13/h5-8,10-11H,4,9H2,1-3H3,(H2,18,19,20,22)/t10-,11-/m1/s1. The highest BCUT2D eigenvalue weighted by Crippen LogP contribution is 2.13. The first kappa shape index (κ1) is 19.4. The van der Waals surface area contributed by atoms with Crippen LogP contribution in [0.3, 0.4) is 0 Å². The van der Waals surface area contributed by atoms with E-state index in [1.807, 2.05) is 12.2 Å². The first-order valence-electron chi connectivity index (χ1n) is 7.51. The van der Waals surface area contributed by atoms with Crippen molar-refractivity contribution in [1.29, 1.82) is 0 Å². The van der Waals surface area contributed by atoms with Gasteiger partial charge in [0.05, 0.1) is 0 Å². The summed E-state index contributed by atoms with van der Waals surface area (Å²) < 4.78 is 22.8. The van der Waals surface area contributed by atoms with Gasteiger partial charge in [0.2, 0.25) is 0 Å². The molecule has 0 saturated carbocycles. The molecule has 1 aromatic rings. The van der Waals surface area contributed by atoms with Gasteiger partial charge >= 0.3 is 12.0 Å². The highest BCUT2D eigenvalue weighted by Gasteiger charge is 2.18. The fourth-order valence-corrected chi connectivity index (χ4v) is 1.54. The maximum atomic E-state index is 12.8. The van der Waals surface area contributed by atoms with Crippen LogP contribution in [-0.2, 0) is 14.3 Å². The molecule has 0 saturated heterocycles. The third-order valence-electron chi connectivity index (χ3n) is 3.05. The van der Waals surface area contributed by atoms with Crippen molar-refractivity contribution >= 4 is 17.9 Å². The van der Waals surface area contributed by atoms with Crippen LogP contribution in [0, 0.1) is 5.82 Å². The van der Waals surface area contributed by atoms with Crippen molar-refractivity contribution < 1.29 is 28.2 Å². The number of urea groups is 1. The Bertz CT molecular complexity index is 576. The number of benzene rings is 1. The highest BCUT2D eigenvalue weighted by atomic mass is 19.1. The number of rotatable bonds is 7. The van der Waals surface area contributed by atoms with Crippen molar-refractivity contribution in [1.82, 2.24) is 10.6 Å². The molecule has 1 aromatic carbocycles. The summed E-state index contributed by atoms with van der Waals surface area (Å²) in [7, 11) is 0. The molecule has 24 heavy (non-hydrogen) atoms. The molecule has 3 amide bonds. The molecule has 0 unspecified atom stereocenters. The summed E-state index contributed by atoms with van der Waals surface area (Å²) in [5.41, 5.74) is 0. The molecule has 0 aliphatic rings. The van der Waals surface area contributed by atoms with Crippen LogP contribution in [0.4, 0.5) is 9.18 Å². The smallest absolute Gasteiger partial charge is 0.347 e. The number of imide groups is 1. The molecule has 132 valence electrons. The minimum atomic E-state index is -0.989. The van der Waals surface area contributed by atoms with Gasteiger partial charge in [0.1, 0.15) is 11.6 Å². The van der Waals surface area contributed by atoms with Crippen molar-refractivity contribution in [3.63, 3.8) is 0 Å². The van der Waals surface area contributed by atoms with Crippen molar-refractivity contribution in [2.45, 2.75) is 39.3 Å². The van der Waals surface area contributed by atoms with Crippen LogP contribution in [0.2, 0.25) is 0 Å². The number of carbonyl (C=O) groups excluding carboxylic acids is 3. The van der Waals surface area contributed by atoms with Crippen molar-refractivity contribution in [2.24, 2.45) is 0 Å². The van der Waals surface area contributed by atoms with Crippen LogP contribution in [0.15, 0.2) is 24.3 Å². The van der Waals surface area contributed by atoms with Crippen LogP contribution in [0.1, 0.15) is 27.2 Å². The molecule has 0 aliphatic heterocycles. The lowest BCUT2D eigenvalue weighted by Gasteiger charge is -2.14. The second-order valence-electron chi connectivity index (χ2n) is 5.15. The Morgan fingerprint density at radius 2 is 1.79 bits per heavy atom. The molecule has 0 fully saturated rings. The number of amides is 3. The predicted molar refractivity (Wildman–Crippen MR) is 83.9 cm³/mol. The molecular weight excluding hydrogens is 319 g/mol. The van der Waals surface area contributed by atoms with Gasteiger partial charge in [-0.3, -0.25) is 10.1 Å².